The average molecular weight is 260 g/mol. The van der Waals surface area contributed by atoms with Gasteiger partial charge in [0.25, 0.3) is 0 Å². The third kappa shape index (κ3) is 2.05. The third-order valence-electron chi connectivity index (χ3n) is 1.88. The van der Waals surface area contributed by atoms with Crippen LogP contribution in [0.1, 0.15) is 0 Å². The molecule has 0 saturated heterocycles. The van der Waals surface area contributed by atoms with Crippen LogP contribution in [0.5, 0.6) is 6.01 Å². The van der Waals surface area contributed by atoms with E-state index in [-0.39, 0.29) is 6.01 Å². The molecule has 84 valence electrons. The van der Waals surface area contributed by atoms with Crippen LogP contribution in [0, 0.1) is 0 Å². The SMILES string of the molecule is COc1nn(-c2cc(Cl)cc(Cl)c2)c(=O)[nH]1. The van der Waals surface area contributed by atoms with E-state index in [1.807, 2.05) is 0 Å². The van der Waals surface area contributed by atoms with E-state index in [4.69, 9.17) is 27.9 Å². The summed E-state index contributed by atoms with van der Waals surface area (Å²) in [6.07, 6.45) is 0. The fourth-order valence-electron chi connectivity index (χ4n) is 1.23. The molecule has 0 saturated carbocycles. The first kappa shape index (κ1) is 11.0. The van der Waals surface area contributed by atoms with Gasteiger partial charge in [-0.2, -0.15) is 4.68 Å². The maximum Gasteiger partial charge on any atom is 0.350 e. The summed E-state index contributed by atoms with van der Waals surface area (Å²) in [5, 5.41) is 4.74. The monoisotopic (exact) mass is 259 g/mol. The Hall–Kier alpha value is -1.46. The van der Waals surface area contributed by atoms with E-state index < -0.39 is 5.69 Å². The second-order valence-electron chi connectivity index (χ2n) is 2.98. The van der Waals surface area contributed by atoms with Crippen LogP contribution < -0.4 is 10.4 Å². The lowest BCUT2D eigenvalue weighted by Crippen LogP contribution is -2.15. The maximum absolute atomic E-state index is 11.5. The highest BCUT2D eigenvalue weighted by Crippen LogP contribution is 2.20. The number of hydrogen-bond acceptors (Lipinski definition) is 3. The van der Waals surface area contributed by atoms with E-state index in [1.54, 1.807) is 18.2 Å². The van der Waals surface area contributed by atoms with Crippen LogP contribution in [0.15, 0.2) is 23.0 Å². The largest absolute Gasteiger partial charge is 0.467 e. The Morgan fingerprint density at radius 1 is 1.31 bits per heavy atom. The van der Waals surface area contributed by atoms with Crippen molar-refractivity contribution in [2.45, 2.75) is 0 Å². The number of aromatic nitrogens is 3. The maximum atomic E-state index is 11.5. The highest BCUT2D eigenvalue weighted by molar-refractivity contribution is 6.34. The molecule has 0 radical (unpaired) electrons. The summed E-state index contributed by atoms with van der Waals surface area (Å²) in [6, 6.07) is 4.85. The molecule has 0 amide bonds. The molecule has 1 heterocycles. The standard InChI is InChI=1S/C9H7Cl2N3O2/c1-16-8-12-9(15)14(13-8)7-3-5(10)2-6(11)4-7/h2-4H,1H3,(H,12,13,15). The summed E-state index contributed by atoms with van der Waals surface area (Å²) in [5.41, 5.74) is 0.0530. The Balaban J connectivity index is 2.57. The van der Waals surface area contributed by atoms with Crippen LogP contribution in [0.3, 0.4) is 0 Å². The first-order chi connectivity index (χ1) is 7.60. The van der Waals surface area contributed by atoms with Crippen LogP contribution in [-0.2, 0) is 0 Å². The van der Waals surface area contributed by atoms with Gasteiger partial charge in [0.1, 0.15) is 0 Å². The van der Waals surface area contributed by atoms with Crippen molar-refractivity contribution in [3.63, 3.8) is 0 Å². The lowest BCUT2D eigenvalue weighted by atomic mass is 10.3. The fourth-order valence-corrected chi connectivity index (χ4v) is 1.75. The van der Waals surface area contributed by atoms with Gasteiger partial charge in [-0.3, -0.25) is 4.98 Å². The number of halogens is 2. The van der Waals surface area contributed by atoms with E-state index in [1.165, 1.54) is 7.11 Å². The van der Waals surface area contributed by atoms with E-state index in [0.29, 0.717) is 15.7 Å². The summed E-state index contributed by atoms with van der Waals surface area (Å²) in [7, 11) is 1.41. The minimum atomic E-state index is -0.421. The molecule has 0 aliphatic rings. The first-order valence-electron chi connectivity index (χ1n) is 4.30. The zero-order valence-electron chi connectivity index (χ0n) is 8.20. The molecular formula is C9H7Cl2N3O2. The van der Waals surface area contributed by atoms with Gasteiger partial charge in [-0.25, -0.2) is 4.79 Å². The van der Waals surface area contributed by atoms with Gasteiger partial charge in [0, 0.05) is 10.0 Å². The molecule has 1 N–H and O–H groups in total. The van der Waals surface area contributed by atoms with Gasteiger partial charge in [-0.1, -0.05) is 23.2 Å². The smallest absolute Gasteiger partial charge is 0.350 e. The lowest BCUT2D eigenvalue weighted by Gasteiger charge is -2.00. The average Bonchev–Trinajstić information content (AvgIpc) is 2.58. The van der Waals surface area contributed by atoms with Gasteiger partial charge in [0.05, 0.1) is 12.8 Å². The van der Waals surface area contributed by atoms with E-state index in [0.717, 1.165) is 4.68 Å². The van der Waals surface area contributed by atoms with Gasteiger partial charge in [-0.05, 0) is 18.2 Å². The van der Waals surface area contributed by atoms with Crippen LogP contribution in [0.2, 0.25) is 10.0 Å². The topological polar surface area (TPSA) is 59.9 Å². The number of rotatable bonds is 2. The third-order valence-corrected chi connectivity index (χ3v) is 2.32. The molecule has 7 heteroatoms. The van der Waals surface area contributed by atoms with Gasteiger partial charge < -0.3 is 4.74 Å². The van der Waals surface area contributed by atoms with Crippen LogP contribution >= 0.6 is 23.2 Å². The van der Waals surface area contributed by atoms with Crippen LogP contribution in [-0.4, -0.2) is 21.9 Å². The molecule has 0 fully saturated rings. The van der Waals surface area contributed by atoms with Crippen LogP contribution in [0.4, 0.5) is 0 Å². The van der Waals surface area contributed by atoms with Gasteiger partial charge >= 0.3 is 11.7 Å². The number of aromatic amines is 1. The zero-order chi connectivity index (χ0) is 11.7. The second-order valence-corrected chi connectivity index (χ2v) is 3.85. The molecule has 2 aromatic rings. The molecule has 0 unspecified atom stereocenters. The minimum absolute atomic E-state index is 0.126. The summed E-state index contributed by atoms with van der Waals surface area (Å²) >= 11 is 11.6. The van der Waals surface area contributed by atoms with E-state index in [9.17, 15) is 4.79 Å². The predicted octanol–water partition coefficient (Wildman–Crippen LogP) is 1.88. The molecular weight excluding hydrogens is 253 g/mol. The van der Waals surface area contributed by atoms with Crippen molar-refractivity contribution in [2.24, 2.45) is 0 Å². The molecule has 0 spiro atoms. The molecule has 1 aromatic heterocycles. The molecule has 0 atom stereocenters. The second kappa shape index (κ2) is 4.19. The molecule has 5 nitrogen and oxygen atoms in total. The van der Waals surface area contributed by atoms with Crippen molar-refractivity contribution in [1.29, 1.82) is 0 Å². The molecule has 0 aliphatic heterocycles. The van der Waals surface area contributed by atoms with Gasteiger partial charge in [0.2, 0.25) is 0 Å². The minimum Gasteiger partial charge on any atom is -0.467 e. The molecule has 0 aliphatic carbocycles. The molecule has 16 heavy (non-hydrogen) atoms. The summed E-state index contributed by atoms with van der Waals surface area (Å²) < 4.78 is 5.93. The predicted molar refractivity (Wildman–Crippen MR) is 60.8 cm³/mol. The van der Waals surface area contributed by atoms with Crippen molar-refractivity contribution >= 4 is 23.2 Å². The van der Waals surface area contributed by atoms with Crippen molar-refractivity contribution < 1.29 is 4.74 Å². The Bertz CT molecular complexity index is 556. The Morgan fingerprint density at radius 3 is 2.44 bits per heavy atom. The van der Waals surface area contributed by atoms with Crippen molar-refractivity contribution in [3.8, 4) is 11.7 Å². The quantitative estimate of drug-likeness (QED) is 0.896. The number of hydrogen-bond donors (Lipinski definition) is 1. The van der Waals surface area contributed by atoms with Crippen molar-refractivity contribution in [1.82, 2.24) is 14.8 Å². The number of nitrogens with one attached hydrogen (secondary N) is 1. The normalized spacial score (nSPS) is 10.4. The number of ether oxygens (including phenoxy) is 1. The van der Waals surface area contributed by atoms with Crippen LogP contribution in [0.25, 0.3) is 5.69 Å². The summed E-state index contributed by atoms with van der Waals surface area (Å²) in [4.78, 5) is 13.9. The van der Waals surface area contributed by atoms with Gasteiger partial charge in [0.15, 0.2) is 0 Å². The Morgan fingerprint density at radius 2 is 1.94 bits per heavy atom. The number of methoxy groups -OCH3 is 1. The van der Waals surface area contributed by atoms with E-state index >= 15 is 0 Å². The Kier molecular flexibility index (Phi) is 2.89. The lowest BCUT2D eigenvalue weighted by molar-refractivity contribution is 0.379. The zero-order valence-corrected chi connectivity index (χ0v) is 9.71. The summed E-state index contributed by atoms with van der Waals surface area (Å²) in [5.74, 6) is 0. The summed E-state index contributed by atoms with van der Waals surface area (Å²) in [6.45, 7) is 0. The highest BCUT2D eigenvalue weighted by Gasteiger charge is 2.08. The van der Waals surface area contributed by atoms with Crippen molar-refractivity contribution in [3.05, 3.63) is 38.7 Å². The first-order valence-corrected chi connectivity index (χ1v) is 5.05. The molecule has 0 bridgehead atoms. The highest BCUT2D eigenvalue weighted by atomic mass is 35.5. The number of H-pyrrole nitrogens is 1. The Labute approximate surface area is 101 Å². The van der Waals surface area contributed by atoms with Crippen molar-refractivity contribution in [2.75, 3.05) is 7.11 Å². The number of benzene rings is 1. The van der Waals surface area contributed by atoms with E-state index in [2.05, 4.69) is 10.1 Å². The number of nitrogens with zero attached hydrogens (tertiary/aromatic N) is 2. The molecule has 2 rings (SSSR count). The fraction of sp³-hybridized carbons (Fsp3) is 0.111. The molecule has 1 aromatic carbocycles. The van der Waals surface area contributed by atoms with Gasteiger partial charge in [-0.15, -0.1) is 5.10 Å².